The maximum absolute atomic E-state index is 8.81. The third-order valence-electron chi connectivity index (χ3n) is 2.27. The highest BCUT2D eigenvalue weighted by Gasteiger charge is 2.25. The summed E-state index contributed by atoms with van der Waals surface area (Å²) in [4.78, 5) is 0. The van der Waals surface area contributed by atoms with Gasteiger partial charge in [0.1, 0.15) is 0 Å². The standard InChI is InChI=1S/C8H17NO3/c1-6-8(2-3-12-6)9-7(4-10)5-11/h6-11H,2-5H2,1H3/t6-,8+/m1/s1. The molecule has 1 heterocycles. The van der Waals surface area contributed by atoms with Crippen molar-refractivity contribution in [3.63, 3.8) is 0 Å². The Balaban J connectivity index is 2.28. The summed E-state index contributed by atoms with van der Waals surface area (Å²) in [5, 5.41) is 20.8. The monoisotopic (exact) mass is 175 g/mol. The van der Waals surface area contributed by atoms with Crippen molar-refractivity contribution in [2.75, 3.05) is 19.8 Å². The molecule has 0 aromatic heterocycles. The van der Waals surface area contributed by atoms with Crippen LogP contribution in [0.4, 0.5) is 0 Å². The fourth-order valence-electron chi connectivity index (χ4n) is 1.42. The maximum atomic E-state index is 8.81. The van der Waals surface area contributed by atoms with E-state index in [9.17, 15) is 0 Å². The topological polar surface area (TPSA) is 61.7 Å². The van der Waals surface area contributed by atoms with Gasteiger partial charge in [-0.1, -0.05) is 0 Å². The average Bonchev–Trinajstić information content (AvgIpc) is 2.47. The molecule has 4 nitrogen and oxygen atoms in total. The Morgan fingerprint density at radius 3 is 2.58 bits per heavy atom. The van der Waals surface area contributed by atoms with Crippen molar-refractivity contribution in [3.8, 4) is 0 Å². The van der Waals surface area contributed by atoms with Crippen molar-refractivity contribution in [1.82, 2.24) is 5.32 Å². The number of rotatable bonds is 4. The van der Waals surface area contributed by atoms with Crippen LogP contribution in [0.2, 0.25) is 0 Å². The number of aliphatic hydroxyl groups excluding tert-OH is 2. The minimum absolute atomic E-state index is 0.0281. The summed E-state index contributed by atoms with van der Waals surface area (Å²) >= 11 is 0. The van der Waals surface area contributed by atoms with Gasteiger partial charge >= 0.3 is 0 Å². The lowest BCUT2D eigenvalue weighted by Gasteiger charge is -2.21. The summed E-state index contributed by atoms with van der Waals surface area (Å²) in [5.74, 6) is 0. The minimum Gasteiger partial charge on any atom is -0.395 e. The summed E-state index contributed by atoms with van der Waals surface area (Å²) < 4.78 is 5.33. The van der Waals surface area contributed by atoms with E-state index in [4.69, 9.17) is 14.9 Å². The van der Waals surface area contributed by atoms with E-state index in [1.165, 1.54) is 0 Å². The van der Waals surface area contributed by atoms with Crippen LogP contribution in [0, 0.1) is 0 Å². The number of hydrogen-bond acceptors (Lipinski definition) is 4. The molecule has 12 heavy (non-hydrogen) atoms. The van der Waals surface area contributed by atoms with Gasteiger partial charge in [0.25, 0.3) is 0 Å². The molecule has 0 amide bonds. The fourth-order valence-corrected chi connectivity index (χ4v) is 1.42. The molecule has 0 spiro atoms. The van der Waals surface area contributed by atoms with Crippen LogP contribution in [0.5, 0.6) is 0 Å². The van der Waals surface area contributed by atoms with E-state index < -0.39 is 0 Å². The summed E-state index contributed by atoms with van der Waals surface area (Å²) in [6.45, 7) is 2.71. The molecule has 0 unspecified atom stereocenters. The van der Waals surface area contributed by atoms with Gasteiger partial charge in [-0.3, -0.25) is 0 Å². The van der Waals surface area contributed by atoms with Crippen molar-refractivity contribution in [3.05, 3.63) is 0 Å². The molecular formula is C8H17NO3. The number of hydrogen-bond donors (Lipinski definition) is 3. The Morgan fingerprint density at radius 2 is 2.17 bits per heavy atom. The second-order valence-electron chi connectivity index (χ2n) is 3.20. The van der Waals surface area contributed by atoms with Gasteiger partial charge in [-0.2, -0.15) is 0 Å². The van der Waals surface area contributed by atoms with Crippen LogP contribution in [-0.4, -0.2) is 48.2 Å². The van der Waals surface area contributed by atoms with Crippen LogP contribution in [0.1, 0.15) is 13.3 Å². The summed E-state index contributed by atoms with van der Waals surface area (Å²) in [6, 6.07) is 0.0634. The Labute approximate surface area is 72.5 Å². The second kappa shape index (κ2) is 4.77. The van der Waals surface area contributed by atoms with Crippen LogP contribution in [0.25, 0.3) is 0 Å². The fraction of sp³-hybridized carbons (Fsp3) is 1.00. The lowest BCUT2D eigenvalue weighted by molar-refractivity contribution is 0.100. The molecule has 2 atom stereocenters. The zero-order chi connectivity index (χ0) is 8.97. The highest BCUT2D eigenvalue weighted by atomic mass is 16.5. The predicted octanol–water partition coefficient (Wildman–Crippen LogP) is -0.893. The number of ether oxygens (including phenoxy) is 1. The smallest absolute Gasteiger partial charge is 0.0700 e. The van der Waals surface area contributed by atoms with Gasteiger partial charge in [0.05, 0.1) is 25.4 Å². The van der Waals surface area contributed by atoms with E-state index in [0.29, 0.717) is 0 Å². The molecule has 1 saturated heterocycles. The van der Waals surface area contributed by atoms with Crippen LogP contribution >= 0.6 is 0 Å². The average molecular weight is 175 g/mol. The third kappa shape index (κ3) is 2.42. The zero-order valence-electron chi connectivity index (χ0n) is 7.36. The quantitative estimate of drug-likeness (QED) is 0.518. The maximum Gasteiger partial charge on any atom is 0.0700 e. The first-order valence-corrected chi connectivity index (χ1v) is 4.37. The number of nitrogens with one attached hydrogen (secondary N) is 1. The molecule has 1 fully saturated rings. The van der Waals surface area contributed by atoms with Crippen LogP contribution in [0.15, 0.2) is 0 Å². The third-order valence-corrected chi connectivity index (χ3v) is 2.27. The first-order valence-electron chi connectivity index (χ1n) is 4.37. The van der Waals surface area contributed by atoms with E-state index in [-0.39, 0.29) is 31.4 Å². The molecule has 0 aliphatic carbocycles. The first-order chi connectivity index (χ1) is 5.77. The Morgan fingerprint density at radius 1 is 1.50 bits per heavy atom. The minimum atomic E-state index is -0.209. The van der Waals surface area contributed by atoms with Crippen molar-refractivity contribution in [2.45, 2.75) is 31.5 Å². The van der Waals surface area contributed by atoms with E-state index in [2.05, 4.69) is 5.32 Å². The molecule has 72 valence electrons. The van der Waals surface area contributed by atoms with Gasteiger partial charge in [-0.25, -0.2) is 0 Å². The lowest BCUT2D eigenvalue weighted by Crippen LogP contribution is -2.45. The van der Waals surface area contributed by atoms with Gasteiger partial charge in [0, 0.05) is 12.6 Å². The Kier molecular flexibility index (Phi) is 3.94. The van der Waals surface area contributed by atoms with Crippen molar-refractivity contribution in [1.29, 1.82) is 0 Å². The molecule has 3 N–H and O–H groups in total. The normalized spacial score (nSPS) is 30.0. The van der Waals surface area contributed by atoms with Crippen molar-refractivity contribution >= 4 is 0 Å². The van der Waals surface area contributed by atoms with Gasteiger partial charge in [-0.05, 0) is 13.3 Å². The number of aliphatic hydroxyl groups is 2. The van der Waals surface area contributed by atoms with Crippen LogP contribution < -0.4 is 5.32 Å². The molecule has 1 aliphatic heterocycles. The summed E-state index contributed by atoms with van der Waals surface area (Å²) in [6.07, 6.45) is 1.14. The lowest BCUT2D eigenvalue weighted by atomic mass is 10.1. The first kappa shape index (κ1) is 9.92. The molecule has 0 bridgehead atoms. The molecule has 1 aliphatic rings. The Hall–Kier alpha value is -0.160. The summed E-state index contributed by atoms with van der Waals surface area (Å²) in [7, 11) is 0. The van der Waals surface area contributed by atoms with Gasteiger partial charge in [-0.15, -0.1) is 0 Å². The van der Waals surface area contributed by atoms with E-state index in [0.717, 1.165) is 13.0 Å². The molecule has 4 heteroatoms. The summed E-state index contributed by atoms with van der Waals surface area (Å²) in [5.41, 5.74) is 0. The largest absolute Gasteiger partial charge is 0.395 e. The highest BCUT2D eigenvalue weighted by Crippen LogP contribution is 2.12. The molecular weight excluding hydrogens is 158 g/mol. The molecule has 0 aromatic rings. The van der Waals surface area contributed by atoms with Crippen molar-refractivity contribution < 1.29 is 14.9 Å². The van der Waals surface area contributed by atoms with E-state index in [1.54, 1.807) is 0 Å². The zero-order valence-corrected chi connectivity index (χ0v) is 7.36. The van der Waals surface area contributed by atoms with Gasteiger partial charge in [0.2, 0.25) is 0 Å². The molecule has 0 saturated carbocycles. The van der Waals surface area contributed by atoms with Crippen LogP contribution in [-0.2, 0) is 4.74 Å². The van der Waals surface area contributed by atoms with Gasteiger partial charge in [0.15, 0.2) is 0 Å². The van der Waals surface area contributed by atoms with Gasteiger partial charge < -0.3 is 20.3 Å². The second-order valence-corrected chi connectivity index (χ2v) is 3.20. The van der Waals surface area contributed by atoms with Crippen LogP contribution in [0.3, 0.4) is 0 Å². The van der Waals surface area contributed by atoms with E-state index in [1.807, 2.05) is 6.92 Å². The highest BCUT2D eigenvalue weighted by molar-refractivity contribution is 4.82. The Bertz CT molecular complexity index is 127. The SMILES string of the molecule is C[C@H]1OCC[C@@H]1NC(CO)CO. The molecule has 1 rings (SSSR count). The van der Waals surface area contributed by atoms with Crippen molar-refractivity contribution in [2.24, 2.45) is 0 Å². The van der Waals surface area contributed by atoms with E-state index >= 15 is 0 Å². The molecule has 0 radical (unpaired) electrons. The predicted molar refractivity (Wildman–Crippen MR) is 44.9 cm³/mol. The molecule has 0 aromatic carbocycles.